The van der Waals surface area contributed by atoms with E-state index in [1.165, 1.54) is 0 Å². The molecule has 0 radical (unpaired) electrons. The third kappa shape index (κ3) is 3.71. The molecule has 6 nitrogen and oxygen atoms in total. The Morgan fingerprint density at radius 2 is 1.90 bits per heavy atom. The van der Waals surface area contributed by atoms with Gasteiger partial charge < -0.3 is 14.8 Å². The van der Waals surface area contributed by atoms with Gasteiger partial charge in [-0.3, -0.25) is 0 Å². The second-order valence-electron chi connectivity index (χ2n) is 3.86. The molecular weight excluding hydrogens is 280 g/mol. The predicted molar refractivity (Wildman–Crippen MR) is 76.7 cm³/mol. The molecule has 0 saturated carbocycles. The number of hydrogen-bond acceptors (Lipinski definition) is 6. The number of nitrogens with one attached hydrogen (secondary N) is 1. The van der Waals surface area contributed by atoms with E-state index in [0.717, 1.165) is 6.42 Å². The molecule has 0 unspecified atom stereocenters. The normalized spacial score (nSPS) is 10.2. The largest absolute Gasteiger partial charge is 0.490 e. The van der Waals surface area contributed by atoms with Crippen molar-refractivity contribution in [1.82, 2.24) is 15.0 Å². The van der Waals surface area contributed by atoms with Crippen molar-refractivity contribution < 1.29 is 9.47 Å². The van der Waals surface area contributed by atoms with E-state index in [9.17, 15) is 0 Å². The third-order valence-corrected chi connectivity index (χ3v) is 2.49. The minimum atomic E-state index is 0.0614. The molecule has 0 aliphatic rings. The Labute approximate surface area is 122 Å². The molecule has 7 heteroatoms. The number of nitrogens with zero attached hydrogens (tertiary/aromatic N) is 3. The maximum Gasteiger partial charge on any atom is 0.328 e. The van der Waals surface area contributed by atoms with Gasteiger partial charge in [0.15, 0.2) is 11.5 Å². The van der Waals surface area contributed by atoms with Crippen LogP contribution in [-0.2, 0) is 0 Å². The average molecular weight is 295 g/mol. The fourth-order valence-electron chi connectivity index (χ4n) is 1.45. The highest BCUT2D eigenvalue weighted by molar-refractivity contribution is 6.28. The summed E-state index contributed by atoms with van der Waals surface area (Å²) in [5, 5.41) is 2.85. The molecule has 106 valence electrons. The number of ether oxygens (including phenoxy) is 2. The molecule has 0 atom stereocenters. The van der Waals surface area contributed by atoms with Crippen LogP contribution >= 0.6 is 11.6 Å². The summed E-state index contributed by atoms with van der Waals surface area (Å²) in [6, 6.07) is 7.43. The standard InChI is InChI=1S/C13H15ClN4O2/c1-3-8-19-9-6-4-5-7-10(9)20-13-17-11(14)16-12(15-2)18-13/h4-7H,3,8H2,1-2H3,(H,15,16,17,18). The molecule has 0 bridgehead atoms. The molecule has 0 aliphatic heterocycles. The summed E-state index contributed by atoms with van der Waals surface area (Å²) in [5.74, 6) is 1.51. The lowest BCUT2D eigenvalue weighted by molar-refractivity contribution is 0.299. The van der Waals surface area contributed by atoms with Gasteiger partial charge in [-0.15, -0.1) is 0 Å². The number of anilines is 1. The Morgan fingerprint density at radius 1 is 1.15 bits per heavy atom. The number of benzene rings is 1. The maximum atomic E-state index is 5.80. The Bertz CT molecular complexity index is 580. The monoisotopic (exact) mass is 294 g/mol. The minimum absolute atomic E-state index is 0.0614. The van der Waals surface area contributed by atoms with Gasteiger partial charge >= 0.3 is 6.01 Å². The second-order valence-corrected chi connectivity index (χ2v) is 4.20. The van der Waals surface area contributed by atoms with Gasteiger partial charge in [0, 0.05) is 7.05 Å². The smallest absolute Gasteiger partial charge is 0.328 e. The van der Waals surface area contributed by atoms with Crippen molar-refractivity contribution in [2.75, 3.05) is 19.0 Å². The quantitative estimate of drug-likeness (QED) is 0.882. The van der Waals surface area contributed by atoms with Crippen LogP contribution in [0.1, 0.15) is 13.3 Å². The molecule has 0 fully saturated rings. The number of hydrogen-bond donors (Lipinski definition) is 1. The molecule has 0 spiro atoms. The molecule has 1 heterocycles. The summed E-state index contributed by atoms with van der Waals surface area (Å²) in [7, 11) is 1.69. The van der Waals surface area contributed by atoms with Crippen molar-refractivity contribution in [1.29, 1.82) is 0 Å². The molecule has 0 aliphatic carbocycles. The van der Waals surface area contributed by atoms with E-state index in [0.29, 0.717) is 24.1 Å². The van der Waals surface area contributed by atoms with Crippen LogP contribution in [0.4, 0.5) is 5.95 Å². The molecule has 2 rings (SSSR count). The van der Waals surface area contributed by atoms with E-state index in [-0.39, 0.29) is 11.3 Å². The van der Waals surface area contributed by atoms with Gasteiger partial charge in [-0.25, -0.2) is 0 Å². The zero-order valence-electron chi connectivity index (χ0n) is 11.3. The molecule has 2 aromatic rings. The van der Waals surface area contributed by atoms with Crippen LogP contribution < -0.4 is 14.8 Å². The van der Waals surface area contributed by atoms with E-state index in [1.807, 2.05) is 25.1 Å². The van der Waals surface area contributed by atoms with Crippen LogP contribution in [0.5, 0.6) is 17.5 Å². The molecular formula is C13H15ClN4O2. The summed E-state index contributed by atoms with van der Waals surface area (Å²) in [4.78, 5) is 11.9. The van der Waals surface area contributed by atoms with Crippen LogP contribution in [0.3, 0.4) is 0 Å². The first kappa shape index (κ1) is 14.3. The van der Waals surface area contributed by atoms with Crippen molar-refractivity contribution in [3.8, 4) is 17.5 Å². The Morgan fingerprint density at radius 3 is 2.60 bits per heavy atom. The fraction of sp³-hybridized carbons (Fsp3) is 0.308. The van der Waals surface area contributed by atoms with Crippen molar-refractivity contribution in [2.45, 2.75) is 13.3 Å². The van der Waals surface area contributed by atoms with Crippen molar-refractivity contribution in [3.05, 3.63) is 29.5 Å². The topological polar surface area (TPSA) is 69.2 Å². The molecule has 20 heavy (non-hydrogen) atoms. The minimum Gasteiger partial charge on any atom is -0.490 e. The van der Waals surface area contributed by atoms with Crippen molar-refractivity contribution >= 4 is 17.5 Å². The maximum absolute atomic E-state index is 5.80. The molecule has 0 saturated heterocycles. The zero-order chi connectivity index (χ0) is 14.4. The first-order chi connectivity index (χ1) is 9.72. The lowest BCUT2D eigenvalue weighted by Crippen LogP contribution is -2.02. The number of rotatable bonds is 6. The van der Waals surface area contributed by atoms with E-state index < -0.39 is 0 Å². The Kier molecular flexibility index (Phi) is 4.95. The Hall–Kier alpha value is -2.08. The van der Waals surface area contributed by atoms with Crippen LogP contribution in [0, 0.1) is 0 Å². The summed E-state index contributed by atoms with van der Waals surface area (Å²) in [6.07, 6.45) is 0.913. The average Bonchev–Trinajstić information content (AvgIpc) is 2.45. The highest BCUT2D eigenvalue weighted by Gasteiger charge is 2.10. The zero-order valence-corrected chi connectivity index (χ0v) is 12.0. The molecule has 1 aromatic heterocycles. The van der Waals surface area contributed by atoms with Crippen LogP contribution in [-0.4, -0.2) is 28.6 Å². The van der Waals surface area contributed by atoms with Gasteiger partial charge in [-0.2, -0.15) is 15.0 Å². The van der Waals surface area contributed by atoms with E-state index in [1.54, 1.807) is 13.1 Å². The van der Waals surface area contributed by atoms with Crippen LogP contribution in [0.2, 0.25) is 5.28 Å². The number of halogens is 1. The van der Waals surface area contributed by atoms with Crippen molar-refractivity contribution in [2.24, 2.45) is 0 Å². The highest BCUT2D eigenvalue weighted by Crippen LogP contribution is 2.30. The van der Waals surface area contributed by atoms with Crippen molar-refractivity contribution in [3.63, 3.8) is 0 Å². The Balaban J connectivity index is 2.23. The van der Waals surface area contributed by atoms with Gasteiger partial charge in [0.25, 0.3) is 0 Å². The lowest BCUT2D eigenvalue weighted by atomic mass is 10.3. The fourth-order valence-corrected chi connectivity index (χ4v) is 1.61. The first-order valence-electron chi connectivity index (χ1n) is 6.22. The van der Waals surface area contributed by atoms with Gasteiger partial charge in [0.05, 0.1) is 6.61 Å². The van der Waals surface area contributed by atoms with E-state index >= 15 is 0 Å². The molecule has 0 amide bonds. The number of para-hydroxylation sites is 2. The lowest BCUT2D eigenvalue weighted by Gasteiger charge is -2.11. The van der Waals surface area contributed by atoms with Gasteiger partial charge in [-0.05, 0) is 30.2 Å². The summed E-state index contributed by atoms with van der Waals surface area (Å²) >= 11 is 5.80. The summed E-state index contributed by atoms with van der Waals surface area (Å²) < 4.78 is 11.2. The second kappa shape index (κ2) is 6.91. The number of aromatic nitrogens is 3. The van der Waals surface area contributed by atoms with Gasteiger partial charge in [-0.1, -0.05) is 19.1 Å². The first-order valence-corrected chi connectivity index (χ1v) is 6.59. The van der Waals surface area contributed by atoms with E-state index in [2.05, 4.69) is 20.3 Å². The molecule has 1 N–H and O–H groups in total. The van der Waals surface area contributed by atoms with Gasteiger partial charge in [0.1, 0.15) is 0 Å². The van der Waals surface area contributed by atoms with Crippen LogP contribution in [0.15, 0.2) is 24.3 Å². The van der Waals surface area contributed by atoms with Crippen LogP contribution in [0.25, 0.3) is 0 Å². The predicted octanol–water partition coefficient (Wildman–Crippen LogP) is 3.15. The summed E-state index contributed by atoms with van der Waals surface area (Å²) in [6.45, 7) is 2.65. The summed E-state index contributed by atoms with van der Waals surface area (Å²) in [5.41, 5.74) is 0. The highest BCUT2D eigenvalue weighted by atomic mass is 35.5. The molecule has 1 aromatic carbocycles. The van der Waals surface area contributed by atoms with E-state index in [4.69, 9.17) is 21.1 Å². The third-order valence-electron chi connectivity index (χ3n) is 2.32. The van der Waals surface area contributed by atoms with Gasteiger partial charge in [0.2, 0.25) is 11.2 Å². The SMILES string of the molecule is CCCOc1ccccc1Oc1nc(Cl)nc(NC)n1.